The lowest BCUT2D eigenvalue weighted by molar-refractivity contribution is 0.0696. The van der Waals surface area contributed by atoms with Crippen molar-refractivity contribution >= 4 is 12.0 Å². The summed E-state index contributed by atoms with van der Waals surface area (Å²) in [6.45, 7) is 4.26. The molecule has 0 saturated heterocycles. The van der Waals surface area contributed by atoms with E-state index in [0.717, 1.165) is 12.0 Å². The average molecular weight is 204 g/mol. The van der Waals surface area contributed by atoms with Gasteiger partial charge in [0, 0.05) is 0 Å². The molecule has 0 aliphatic rings. The monoisotopic (exact) mass is 204 g/mol. The van der Waals surface area contributed by atoms with Crippen LogP contribution in [-0.4, -0.2) is 11.1 Å². The van der Waals surface area contributed by atoms with Gasteiger partial charge < -0.3 is 5.11 Å². The van der Waals surface area contributed by atoms with E-state index < -0.39 is 5.97 Å². The van der Waals surface area contributed by atoms with Crippen LogP contribution in [0.25, 0.3) is 6.08 Å². The topological polar surface area (TPSA) is 37.3 Å². The molecule has 0 saturated carbocycles. The highest BCUT2D eigenvalue weighted by Crippen LogP contribution is 2.12. The molecule has 1 N–H and O–H groups in total. The first-order valence-corrected chi connectivity index (χ1v) is 5.10. The molecule has 0 heterocycles. The molecule has 15 heavy (non-hydrogen) atoms. The van der Waals surface area contributed by atoms with Gasteiger partial charge in [0.05, 0.1) is 5.56 Å². The maximum absolute atomic E-state index is 10.9. The van der Waals surface area contributed by atoms with Gasteiger partial charge in [-0.05, 0) is 24.0 Å². The molecule has 0 aliphatic carbocycles. The molecule has 0 aliphatic heterocycles. The second-order valence-corrected chi connectivity index (χ2v) is 3.92. The summed E-state index contributed by atoms with van der Waals surface area (Å²) in [5, 5.41) is 8.94. The zero-order chi connectivity index (χ0) is 11.3. The van der Waals surface area contributed by atoms with Gasteiger partial charge in [0.15, 0.2) is 0 Å². The number of aromatic carboxylic acids is 1. The molecule has 0 unspecified atom stereocenters. The average Bonchev–Trinajstić information content (AvgIpc) is 2.17. The van der Waals surface area contributed by atoms with E-state index in [-0.39, 0.29) is 0 Å². The number of rotatable bonds is 4. The van der Waals surface area contributed by atoms with Crippen molar-refractivity contribution in [2.45, 2.75) is 20.3 Å². The van der Waals surface area contributed by atoms with E-state index in [4.69, 9.17) is 5.11 Å². The van der Waals surface area contributed by atoms with Crippen LogP contribution >= 0.6 is 0 Å². The summed E-state index contributed by atoms with van der Waals surface area (Å²) in [5.74, 6) is -0.280. The quantitative estimate of drug-likeness (QED) is 0.815. The molecule has 1 rings (SSSR count). The van der Waals surface area contributed by atoms with Crippen molar-refractivity contribution in [3.63, 3.8) is 0 Å². The zero-order valence-corrected chi connectivity index (χ0v) is 9.10. The van der Waals surface area contributed by atoms with Gasteiger partial charge in [-0.3, -0.25) is 0 Å². The second-order valence-electron chi connectivity index (χ2n) is 3.92. The maximum Gasteiger partial charge on any atom is 0.336 e. The van der Waals surface area contributed by atoms with Crippen LogP contribution in [0.3, 0.4) is 0 Å². The molecule has 80 valence electrons. The Hall–Kier alpha value is -1.57. The zero-order valence-electron chi connectivity index (χ0n) is 9.10. The fourth-order valence-electron chi connectivity index (χ4n) is 1.30. The van der Waals surface area contributed by atoms with Gasteiger partial charge in [0.25, 0.3) is 0 Å². The van der Waals surface area contributed by atoms with E-state index >= 15 is 0 Å². The Morgan fingerprint density at radius 1 is 1.40 bits per heavy atom. The number of allylic oxidation sites excluding steroid dienone is 1. The predicted octanol–water partition coefficient (Wildman–Crippen LogP) is 3.44. The lowest BCUT2D eigenvalue weighted by Crippen LogP contribution is -1.98. The van der Waals surface area contributed by atoms with Crippen LogP contribution in [0.5, 0.6) is 0 Å². The smallest absolute Gasteiger partial charge is 0.336 e. The van der Waals surface area contributed by atoms with Crippen LogP contribution < -0.4 is 0 Å². The molecule has 0 amide bonds. The highest BCUT2D eigenvalue weighted by molar-refractivity contribution is 5.92. The van der Waals surface area contributed by atoms with Crippen molar-refractivity contribution in [3.8, 4) is 0 Å². The third-order valence-corrected chi connectivity index (χ3v) is 2.10. The second kappa shape index (κ2) is 5.35. The first-order valence-electron chi connectivity index (χ1n) is 5.10. The van der Waals surface area contributed by atoms with E-state index in [1.165, 1.54) is 0 Å². The third-order valence-electron chi connectivity index (χ3n) is 2.10. The Labute approximate surface area is 90.3 Å². The van der Waals surface area contributed by atoms with Gasteiger partial charge in [-0.25, -0.2) is 4.79 Å². The summed E-state index contributed by atoms with van der Waals surface area (Å²) in [6.07, 6.45) is 4.86. The predicted molar refractivity (Wildman–Crippen MR) is 61.9 cm³/mol. The Morgan fingerprint density at radius 3 is 2.67 bits per heavy atom. The fourth-order valence-corrected chi connectivity index (χ4v) is 1.30. The Bertz CT molecular complexity index is 365. The first kappa shape index (κ1) is 11.5. The standard InChI is InChI=1S/C13H16O2/c1-10(2)6-5-8-11-7-3-4-9-12(11)13(14)15/h3-5,7-10H,6H2,1-2H3,(H,14,15)/b8-5+. The highest BCUT2D eigenvalue weighted by atomic mass is 16.4. The van der Waals surface area contributed by atoms with Crippen molar-refractivity contribution in [1.29, 1.82) is 0 Å². The summed E-state index contributed by atoms with van der Waals surface area (Å²) >= 11 is 0. The SMILES string of the molecule is CC(C)C/C=C/c1ccccc1C(=O)O. The van der Waals surface area contributed by atoms with E-state index in [1.54, 1.807) is 12.1 Å². The van der Waals surface area contributed by atoms with Crippen molar-refractivity contribution in [2.24, 2.45) is 5.92 Å². The number of hydrogen-bond donors (Lipinski definition) is 1. The molecule has 1 aromatic carbocycles. The van der Waals surface area contributed by atoms with Gasteiger partial charge >= 0.3 is 5.97 Å². The summed E-state index contributed by atoms with van der Waals surface area (Å²) in [4.78, 5) is 10.9. The molecule has 0 bridgehead atoms. The van der Waals surface area contributed by atoms with Crippen LogP contribution in [0.15, 0.2) is 30.3 Å². The minimum absolute atomic E-state index is 0.359. The van der Waals surface area contributed by atoms with Gasteiger partial charge in [-0.1, -0.05) is 44.2 Å². The van der Waals surface area contributed by atoms with Crippen LogP contribution in [0.1, 0.15) is 36.2 Å². The van der Waals surface area contributed by atoms with Crippen molar-refractivity contribution < 1.29 is 9.90 Å². The molecule has 0 atom stereocenters. The lowest BCUT2D eigenvalue weighted by Gasteiger charge is -2.01. The fraction of sp³-hybridized carbons (Fsp3) is 0.308. The Kier molecular flexibility index (Phi) is 4.10. The van der Waals surface area contributed by atoms with E-state index in [2.05, 4.69) is 13.8 Å². The summed E-state index contributed by atoms with van der Waals surface area (Å²) in [6, 6.07) is 7.03. The lowest BCUT2D eigenvalue weighted by atomic mass is 10.1. The van der Waals surface area contributed by atoms with Gasteiger partial charge in [0.2, 0.25) is 0 Å². The van der Waals surface area contributed by atoms with E-state index in [1.807, 2.05) is 24.3 Å². The van der Waals surface area contributed by atoms with Crippen molar-refractivity contribution in [1.82, 2.24) is 0 Å². The molecule has 0 radical (unpaired) electrons. The number of carboxylic acid groups (broad SMARTS) is 1. The molecule has 0 fully saturated rings. The first-order chi connectivity index (χ1) is 7.11. The number of carboxylic acids is 1. The Morgan fingerprint density at radius 2 is 2.07 bits per heavy atom. The summed E-state index contributed by atoms with van der Waals surface area (Å²) in [7, 11) is 0. The number of hydrogen-bond acceptors (Lipinski definition) is 1. The Balaban J connectivity index is 2.84. The minimum Gasteiger partial charge on any atom is -0.478 e. The van der Waals surface area contributed by atoms with E-state index in [9.17, 15) is 4.79 Å². The van der Waals surface area contributed by atoms with Crippen LogP contribution in [-0.2, 0) is 0 Å². The maximum atomic E-state index is 10.9. The van der Waals surface area contributed by atoms with Crippen LogP contribution in [0.4, 0.5) is 0 Å². The largest absolute Gasteiger partial charge is 0.478 e. The van der Waals surface area contributed by atoms with Crippen molar-refractivity contribution in [2.75, 3.05) is 0 Å². The number of carbonyl (C=O) groups is 1. The summed E-state index contributed by atoms with van der Waals surface area (Å²) in [5.41, 5.74) is 1.13. The summed E-state index contributed by atoms with van der Waals surface area (Å²) < 4.78 is 0. The van der Waals surface area contributed by atoms with Crippen molar-refractivity contribution in [3.05, 3.63) is 41.5 Å². The molecule has 0 spiro atoms. The third kappa shape index (κ3) is 3.58. The molecule has 2 heteroatoms. The molecular weight excluding hydrogens is 188 g/mol. The highest BCUT2D eigenvalue weighted by Gasteiger charge is 2.05. The van der Waals surface area contributed by atoms with Crippen LogP contribution in [0.2, 0.25) is 0 Å². The van der Waals surface area contributed by atoms with Crippen LogP contribution in [0, 0.1) is 5.92 Å². The molecule has 0 aromatic heterocycles. The molecule has 2 nitrogen and oxygen atoms in total. The van der Waals surface area contributed by atoms with E-state index in [0.29, 0.717) is 11.5 Å². The molecule has 1 aromatic rings. The molecular formula is C13H16O2. The van der Waals surface area contributed by atoms with Gasteiger partial charge in [0.1, 0.15) is 0 Å². The number of benzene rings is 1. The van der Waals surface area contributed by atoms with Gasteiger partial charge in [-0.15, -0.1) is 0 Å². The van der Waals surface area contributed by atoms with Gasteiger partial charge in [-0.2, -0.15) is 0 Å². The minimum atomic E-state index is -0.875. The normalized spacial score (nSPS) is 11.1.